The molecule has 0 saturated carbocycles. The lowest BCUT2D eigenvalue weighted by Crippen LogP contribution is -2.32. The molecular weight excluding hydrogens is 444 g/mol. The van der Waals surface area contributed by atoms with Crippen LogP contribution < -0.4 is 10.9 Å². The minimum Gasteiger partial charge on any atom is -0.480 e. The number of nitrogens with two attached hydrogens (primary N) is 2. The number of carboxylic acids is 1. The molecular formula is C19H20N4O4S3. The molecule has 0 aliphatic heterocycles. The number of carbonyl (C=O) groups is 1. The Balaban J connectivity index is 1.85. The SMILES string of the molecule is NC(CSSCc1cc(-c2ccccc2)n(-c2ccc(S(N)(=O)=O)cc2)n1)C(=O)O. The molecule has 3 aromatic rings. The van der Waals surface area contributed by atoms with Crippen molar-refractivity contribution in [3.63, 3.8) is 0 Å². The fourth-order valence-electron chi connectivity index (χ4n) is 2.58. The zero-order valence-electron chi connectivity index (χ0n) is 15.7. The van der Waals surface area contributed by atoms with Gasteiger partial charge in [-0.2, -0.15) is 5.10 Å². The first-order valence-electron chi connectivity index (χ1n) is 8.76. The maximum Gasteiger partial charge on any atom is 0.321 e. The van der Waals surface area contributed by atoms with E-state index in [0.29, 0.717) is 17.2 Å². The van der Waals surface area contributed by atoms with Crippen molar-refractivity contribution in [3.8, 4) is 16.9 Å². The molecule has 0 radical (unpaired) electrons. The monoisotopic (exact) mass is 464 g/mol. The Bertz CT molecular complexity index is 1120. The lowest BCUT2D eigenvalue weighted by atomic mass is 10.1. The molecule has 0 aliphatic rings. The molecule has 0 aliphatic carbocycles. The summed E-state index contributed by atoms with van der Waals surface area (Å²) in [5.41, 5.74) is 8.81. The van der Waals surface area contributed by atoms with E-state index in [1.54, 1.807) is 16.8 Å². The van der Waals surface area contributed by atoms with Gasteiger partial charge in [-0.15, -0.1) is 0 Å². The highest BCUT2D eigenvalue weighted by molar-refractivity contribution is 8.76. The lowest BCUT2D eigenvalue weighted by Gasteiger charge is -2.08. The molecule has 0 fully saturated rings. The fraction of sp³-hybridized carbons (Fsp3) is 0.158. The van der Waals surface area contributed by atoms with Gasteiger partial charge in [0, 0.05) is 17.1 Å². The van der Waals surface area contributed by atoms with Gasteiger partial charge in [0.25, 0.3) is 0 Å². The third-order valence-electron chi connectivity index (χ3n) is 4.09. The number of aromatic nitrogens is 2. The van der Waals surface area contributed by atoms with Gasteiger partial charge in [0.15, 0.2) is 0 Å². The standard InChI is InChI=1S/C19H20N4O4S3/c20-17(19(24)25)12-29-28-11-14-10-18(13-4-2-1-3-5-13)23(22-14)15-6-8-16(9-7-15)30(21,26)27/h1-10,17H,11-12,20H2,(H,24,25)(H2,21,26,27). The number of carboxylic acid groups (broad SMARTS) is 1. The van der Waals surface area contributed by atoms with E-state index in [1.807, 2.05) is 36.4 Å². The second kappa shape index (κ2) is 9.67. The lowest BCUT2D eigenvalue weighted by molar-refractivity contribution is -0.137. The van der Waals surface area contributed by atoms with E-state index in [0.717, 1.165) is 17.0 Å². The quantitative estimate of drug-likeness (QED) is 0.324. The predicted molar refractivity (Wildman–Crippen MR) is 120 cm³/mol. The Kier molecular flexibility index (Phi) is 7.21. The van der Waals surface area contributed by atoms with Crippen molar-refractivity contribution in [2.75, 3.05) is 5.75 Å². The van der Waals surface area contributed by atoms with E-state index in [1.165, 1.54) is 33.7 Å². The highest BCUT2D eigenvalue weighted by Crippen LogP contribution is 2.30. The molecule has 0 bridgehead atoms. The number of primary sulfonamides is 1. The number of nitrogens with zero attached hydrogens (tertiary/aromatic N) is 2. The molecule has 1 aromatic heterocycles. The maximum atomic E-state index is 11.5. The number of hydrogen-bond acceptors (Lipinski definition) is 7. The first-order chi connectivity index (χ1) is 14.3. The number of aliphatic carboxylic acids is 1. The molecule has 0 spiro atoms. The summed E-state index contributed by atoms with van der Waals surface area (Å²) in [6.07, 6.45) is 0. The van der Waals surface area contributed by atoms with Crippen LogP contribution in [0.1, 0.15) is 5.69 Å². The van der Waals surface area contributed by atoms with E-state index in [9.17, 15) is 13.2 Å². The summed E-state index contributed by atoms with van der Waals surface area (Å²) >= 11 is 0. The smallest absolute Gasteiger partial charge is 0.321 e. The molecule has 1 heterocycles. The van der Waals surface area contributed by atoms with Gasteiger partial charge in [-0.25, -0.2) is 18.2 Å². The maximum absolute atomic E-state index is 11.5. The Hall–Kier alpha value is -2.31. The van der Waals surface area contributed by atoms with Crippen LogP contribution in [0.4, 0.5) is 0 Å². The van der Waals surface area contributed by atoms with E-state index in [2.05, 4.69) is 5.10 Å². The molecule has 1 unspecified atom stereocenters. The number of hydrogen-bond donors (Lipinski definition) is 3. The number of benzene rings is 2. The van der Waals surface area contributed by atoms with Crippen LogP contribution in [0.25, 0.3) is 16.9 Å². The third-order valence-corrected chi connectivity index (χ3v) is 7.36. The fourth-order valence-corrected chi connectivity index (χ4v) is 5.17. The predicted octanol–water partition coefficient (Wildman–Crippen LogP) is 2.48. The van der Waals surface area contributed by atoms with Crippen molar-refractivity contribution >= 4 is 37.6 Å². The molecule has 11 heteroatoms. The summed E-state index contributed by atoms with van der Waals surface area (Å²) in [4.78, 5) is 10.8. The van der Waals surface area contributed by atoms with Gasteiger partial charge < -0.3 is 10.8 Å². The van der Waals surface area contributed by atoms with Crippen molar-refractivity contribution in [3.05, 3.63) is 66.4 Å². The molecule has 30 heavy (non-hydrogen) atoms. The molecule has 0 amide bonds. The van der Waals surface area contributed by atoms with Gasteiger partial charge in [0.05, 0.1) is 22.0 Å². The van der Waals surface area contributed by atoms with Crippen LogP contribution in [0, 0.1) is 0 Å². The largest absolute Gasteiger partial charge is 0.480 e. The minimum atomic E-state index is -3.77. The van der Waals surface area contributed by atoms with Crippen LogP contribution in [0.5, 0.6) is 0 Å². The Morgan fingerprint density at radius 2 is 1.77 bits per heavy atom. The summed E-state index contributed by atoms with van der Waals surface area (Å²) in [7, 11) is -0.926. The molecule has 1 atom stereocenters. The summed E-state index contributed by atoms with van der Waals surface area (Å²) in [5, 5.41) is 18.7. The van der Waals surface area contributed by atoms with Gasteiger partial charge in [-0.1, -0.05) is 51.9 Å². The van der Waals surface area contributed by atoms with E-state index in [4.69, 9.17) is 16.0 Å². The van der Waals surface area contributed by atoms with Crippen molar-refractivity contribution in [2.24, 2.45) is 10.9 Å². The van der Waals surface area contributed by atoms with Gasteiger partial charge >= 0.3 is 5.97 Å². The average molecular weight is 465 g/mol. The normalized spacial score (nSPS) is 12.6. The summed E-state index contributed by atoms with van der Waals surface area (Å²) < 4.78 is 24.8. The Morgan fingerprint density at radius 1 is 1.10 bits per heavy atom. The summed E-state index contributed by atoms with van der Waals surface area (Å²) in [6, 6.07) is 16.9. The van der Waals surface area contributed by atoms with Crippen LogP contribution in [-0.2, 0) is 20.6 Å². The zero-order valence-corrected chi connectivity index (χ0v) is 18.2. The highest BCUT2D eigenvalue weighted by Gasteiger charge is 2.15. The average Bonchev–Trinajstić information content (AvgIpc) is 3.15. The third kappa shape index (κ3) is 5.64. The minimum absolute atomic E-state index is 0.0293. The molecule has 2 aromatic carbocycles. The first-order valence-corrected chi connectivity index (χ1v) is 12.8. The molecule has 8 nitrogen and oxygen atoms in total. The van der Waals surface area contributed by atoms with Crippen LogP contribution >= 0.6 is 21.6 Å². The first kappa shape index (κ1) is 22.4. The molecule has 158 valence electrons. The van der Waals surface area contributed by atoms with E-state index < -0.39 is 22.0 Å². The van der Waals surface area contributed by atoms with Crippen LogP contribution in [-0.4, -0.2) is 41.1 Å². The van der Waals surface area contributed by atoms with Crippen molar-refractivity contribution in [1.29, 1.82) is 0 Å². The van der Waals surface area contributed by atoms with E-state index >= 15 is 0 Å². The van der Waals surface area contributed by atoms with Crippen LogP contribution in [0.3, 0.4) is 0 Å². The van der Waals surface area contributed by atoms with Crippen LogP contribution in [0.15, 0.2) is 65.6 Å². The Morgan fingerprint density at radius 3 is 2.37 bits per heavy atom. The highest BCUT2D eigenvalue weighted by atomic mass is 33.1. The zero-order chi connectivity index (χ0) is 21.7. The second-order valence-corrected chi connectivity index (χ2v) is 10.4. The van der Waals surface area contributed by atoms with E-state index in [-0.39, 0.29) is 4.90 Å². The number of rotatable bonds is 9. The molecule has 5 N–H and O–H groups in total. The van der Waals surface area contributed by atoms with Crippen molar-refractivity contribution in [2.45, 2.75) is 16.7 Å². The second-order valence-electron chi connectivity index (χ2n) is 6.33. The van der Waals surface area contributed by atoms with Gasteiger partial charge in [-0.3, -0.25) is 4.79 Å². The van der Waals surface area contributed by atoms with Gasteiger partial charge in [0.2, 0.25) is 10.0 Å². The topological polar surface area (TPSA) is 141 Å². The van der Waals surface area contributed by atoms with Crippen molar-refractivity contribution < 1.29 is 18.3 Å². The number of sulfonamides is 1. The van der Waals surface area contributed by atoms with Crippen LogP contribution in [0.2, 0.25) is 0 Å². The molecule has 0 saturated heterocycles. The van der Waals surface area contributed by atoms with Gasteiger partial charge in [-0.05, 0) is 30.3 Å². The summed E-state index contributed by atoms with van der Waals surface area (Å²) in [6.45, 7) is 0. The summed E-state index contributed by atoms with van der Waals surface area (Å²) in [5.74, 6) is -0.179. The molecule has 3 rings (SSSR count). The van der Waals surface area contributed by atoms with Gasteiger partial charge in [0.1, 0.15) is 6.04 Å². The Labute approximate surface area is 182 Å². The van der Waals surface area contributed by atoms with Crippen molar-refractivity contribution in [1.82, 2.24) is 9.78 Å².